The summed E-state index contributed by atoms with van der Waals surface area (Å²) >= 11 is 5.87. The maximum Gasteiger partial charge on any atom is 0.248 e. The SMILES string of the molecule is CN1CC(CNS(=O)(=O)c2ccccc2Cl)OCC1=O. The predicted octanol–water partition coefficient (Wildman–Crippen LogP) is 0.475. The Hall–Kier alpha value is -1.15. The van der Waals surface area contributed by atoms with Crippen LogP contribution in [0.5, 0.6) is 0 Å². The van der Waals surface area contributed by atoms with Gasteiger partial charge in [-0.1, -0.05) is 23.7 Å². The van der Waals surface area contributed by atoms with Gasteiger partial charge in [0, 0.05) is 20.1 Å². The summed E-state index contributed by atoms with van der Waals surface area (Å²) in [6.07, 6.45) is -0.366. The molecule has 1 aromatic carbocycles. The van der Waals surface area contributed by atoms with Crippen molar-refractivity contribution in [1.82, 2.24) is 9.62 Å². The summed E-state index contributed by atoms with van der Waals surface area (Å²) in [5.74, 6) is -0.116. The van der Waals surface area contributed by atoms with Gasteiger partial charge in [-0.25, -0.2) is 13.1 Å². The van der Waals surface area contributed by atoms with Gasteiger partial charge < -0.3 is 9.64 Å². The lowest BCUT2D eigenvalue weighted by atomic mass is 10.3. The molecule has 0 aliphatic carbocycles. The van der Waals surface area contributed by atoms with Crippen LogP contribution in [0.3, 0.4) is 0 Å². The van der Waals surface area contributed by atoms with E-state index in [0.717, 1.165) is 0 Å². The Bertz CT molecular complexity index is 605. The highest BCUT2D eigenvalue weighted by Crippen LogP contribution is 2.20. The molecule has 0 bridgehead atoms. The lowest BCUT2D eigenvalue weighted by molar-refractivity contribution is -0.146. The third-order valence-corrected chi connectivity index (χ3v) is 4.90. The number of sulfonamides is 1. The molecule has 1 unspecified atom stereocenters. The van der Waals surface area contributed by atoms with Crippen molar-refractivity contribution >= 4 is 27.5 Å². The smallest absolute Gasteiger partial charge is 0.248 e. The first-order chi connectivity index (χ1) is 9.40. The molecule has 20 heavy (non-hydrogen) atoms. The van der Waals surface area contributed by atoms with Gasteiger partial charge in [0.05, 0.1) is 11.1 Å². The number of nitrogens with zero attached hydrogens (tertiary/aromatic N) is 1. The van der Waals surface area contributed by atoms with Crippen LogP contribution in [0, 0.1) is 0 Å². The van der Waals surface area contributed by atoms with E-state index in [4.69, 9.17) is 16.3 Å². The second-order valence-corrected chi connectivity index (χ2v) is 6.63. The van der Waals surface area contributed by atoms with Crippen molar-refractivity contribution in [3.63, 3.8) is 0 Å². The van der Waals surface area contributed by atoms with Crippen LogP contribution in [0.1, 0.15) is 0 Å². The second-order valence-electron chi connectivity index (χ2n) is 4.49. The molecule has 0 spiro atoms. The van der Waals surface area contributed by atoms with Crippen LogP contribution in [-0.4, -0.2) is 52.1 Å². The summed E-state index contributed by atoms with van der Waals surface area (Å²) in [4.78, 5) is 12.8. The van der Waals surface area contributed by atoms with Crippen LogP contribution in [-0.2, 0) is 19.6 Å². The fourth-order valence-corrected chi connectivity index (χ4v) is 3.41. The Morgan fingerprint density at radius 3 is 2.80 bits per heavy atom. The average molecular weight is 319 g/mol. The number of carbonyl (C=O) groups is 1. The maximum absolute atomic E-state index is 12.1. The van der Waals surface area contributed by atoms with E-state index in [0.29, 0.717) is 6.54 Å². The molecule has 1 aliphatic heterocycles. The molecule has 2 rings (SSSR count). The zero-order valence-electron chi connectivity index (χ0n) is 10.9. The molecule has 0 radical (unpaired) electrons. The number of nitrogens with one attached hydrogen (secondary N) is 1. The number of hydrogen-bond acceptors (Lipinski definition) is 4. The van der Waals surface area contributed by atoms with Gasteiger partial charge in [0.25, 0.3) is 0 Å². The van der Waals surface area contributed by atoms with E-state index in [1.165, 1.54) is 17.0 Å². The molecule has 1 aromatic rings. The van der Waals surface area contributed by atoms with Crippen molar-refractivity contribution in [3.8, 4) is 0 Å². The lowest BCUT2D eigenvalue weighted by Gasteiger charge is -2.29. The highest BCUT2D eigenvalue weighted by molar-refractivity contribution is 7.89. The minimum absolute atomic E-state index is 0.0295. The third-order valence-electron chi connectivity index (χ3n) is 2.97. The standard InChI is InChI=1S/C12H15ClN2O4S/c1-15-7-9(19-8-12(15)16)6-14-20(17,18)11-5-3-2-4-10(11)13/h2-5,9,14H,6-8H2,1H3. The molecule has 110 valence electrons. The van der Waals surface area contributed by atoms with Gasteiger partial charge in [0.15, 0.2) is 0 Å². The number of rotatable bonds is 4. The van der Waals surface area contributed by atoms with Gasteiger partial charge >= 0.3 is 0 Å². The highest BCUT2D eigenvalue weighted by Gasteiger charge is 2.25. The number of morpholine rings is 1. The Labute approximate surface area is 122 Å². The second kappa shape index (κ2) is 6.09. The van der Waals surface area contributed by atoms with Crippen LogP contribution in [0.25, 0.3) is 0 Å². The number of amides is 1. The predicted molar refractivity (Wildman–Crippen MR) is 74.0 cm³/mol. The molecule has 8 heteroatoms. The minimum atomic E-state index is -3.69. The van der Waals surface area contributed by atoms with E-state index in [1.807, 2.05) is 0 Å². The highest BCUT2D eigenvalue weighted by atomic mass is 35.5. The van der Waals surface area contributed by atoms with Gasteiger partial charge in [0.2, 0.25) is 15.9 Å². The summed E-state index contributed by atoms with van der Waals surface area (Å²) in [6.45, 7) is 0.407. The summed E-state index contributed by atoms with van der Waals surface area (Å²) < 4.78 is 31.9. The van der Waals surface area contributed by atoms with E-state index in [9.17, 15) is 13.2 Å². The lowest BCUT2D eigenvalue weighted by Crippen LogP contribution is -2.48. The van der Waals surface area contributed by atoms with Gasteiger partial charge in [-0.15, -0.1) is 0 Å². The first-order valence-corrected chi connectivity index (χ1v) is 7.86. The molecule has 1 heterocycles. The van der Waals surface area contributed by atoms with Crippen LogP contribution in [0.2, 0.25) is 5.02 Å². The Morgan fingerprint density at radius 1 is 1.45 bits per heavy atom. The van der Waals surface area contributed by atoms with E-state index < -0.39 is 10.0 Å². The fraction of sp³-hybridized carbons (Fsp3) is 0.417. The molecule has 1 fully saturated rings. The number of carbonyl (C=O) groups excluding carboxylic acids is 1. The van der Waals surface area contributed by atoms with Crippen LogP contribution in [0.4, 0.5) is 0 Å². The maximum atomic E-state index is 12.1. The van der Waals surface area contributed by atoms with Gasteiger partial charge in [-0.05, 0) is 12.1 Å². The molecule has 0 saturated carbocycles. The largest absolute Gasteiger partial charge is 0.365 e. The molecule has 1 N–H and O–H groups in total. The number of ether oxygens (including phenoxy) is 1. The number of benzene rings is 1. The molecular weight excluding hydrogens is 304 g/mol. The van der Waals surface area contributed by atoms with Crippen LogP contribution in [0.15, 0.2) is 29.2 Å². The molecule has 1 amide bonds. The quantitative estimate of drug-likeness (QED) is 0.876. The zero-order valence-corrected chi connectivity index (χ0v) is 12.4. The van der Waals surface area contributed by atoms with E-state index in [2.05, 4.69) is 4.72 Å². The fourth-order valence-electron chi connectivity index (χ4n) is 1.83. The zero-order chi connectivity index (χ0) is 14.8. The van der Waals surface area contributed by atoms with Crippen molar-refractivity contribution < 1.29 is 17.9 Å². The Balaban J connectivity index is 2.00. The molecular formula is C12H15ClN2O4S. The summed E-state index contributed by atoms with van der Waals surface area (Å²) in [5.41, 5.74) is 0. The summed E-state index contributed by atoms with van der Waals surface area (Å²) in [6, 6.07) is 6.21. The third kappa shape index (κ3) is 3.49. The molecule has 1 saturated heterocycles. The molecule has 6 nitrogen and oxygen atoms in total. The van der Waals surface area contributed by atoms with Gasteiger partial charge in [-0.2, -0.15) is 0 Å². The Morgan fingerprint density at radius 2 is 2.15 bits per heavy atom. The first kappa shape index (κ1) is 15.2. The van der Waals surface area contributed by atoms with E-state index >= 15 is 0 Å². The number of likely N-dealkylation sites (N-methyl/N-ethyl adjacent to an activating group) is 1. The topological polar surface area (TPSA) is 75.7 Å². The van der Waals surface area contributed by atoms with Crippen LogP contribution < -0.4 is 4.72 Å². The molecule has 1 atom stereocenters. The monoisotopic (exact) mass is 318 g/mol. The van der Waals surface area contributed by atoms with Crippen molar-refractivity contribution in [2.45, 2.75) is 11.0 Å². The average Bonchev–Trinajstić information content (AvgIpc) is 2.40. The van der Waals surface area contributed by atoms with Crippen LogP contribution >= 0.6 is 11.6 Å². The normalized spacial score (nSPS) is 20.2. The minimum Gasteiger partial charge on any atom is -0.365 e. The van der Waals surface area contributed by atoms with Gasteiger partial charge in [-0.3, -0.25) is 4.79 Å². The van der Waals surface area contributed by atoms with E-state index in [-0.39, 0.29) is 35.1 Å². The van der Waals surface area contributed by atoms with Crippen molar-refractivity contribution in [2.24, 2.45) is 0 Å². The number of hydrogen-bond donors (Lipinski definition) is 1. The first-order valence-electron chi connectivity index (χ1n) is 6.00. The molecule has 0 aromatic heterocycles. The summed E-state index contributed by atoms with van der Waals surface area (Å²) in [5, 5.41) is 0.164. The van der Waals surface area contributed by atoms with Crippen molar-refractivity contribution in [1.29, 1.82) is 0 Å². The van der Waals surface area contributed by atoms with E-state index in [1.54, 1.807) is 19.2 Å². The van der Waals surface area contributed by atoms with Crippen molar-refractivity contribution in [2.75, 3.05) is 26.7 Å². The molecule has 1 aliphatic rings. The summed E-state index contributed by atoms with van der Waals surface area (Å²) in [7, 11) is -2.03. The van der Waals surface area contributed by atoms with Gasteiger partial charge in [0.1, 0.15) is 11.5 Å². The Kier molecular flexibility index (Phi) is 4.64. The number of halogens is 1. The van der Waals surface area contributed by atoms with Crippen molar-refractivity contribution in [3.05, 3.63) is 29.3 Å².